The van der Waals surface area contributed by atoms with E-state index >= 15 is 0 Å². The Balaban J connectivity index is 1.77. The zero-order chi connectivity index (χ0) is 18.0. The number of rotatable bonds is 4. The number of piperazine rings is 1. The smallest absolute Gasteiger partial charge is 0.293 e. The molecule has 1 saturated heterocycles. The van der Waals surface area contributed by atoms with E-state index in [0.29, 0.717) is 25.5 Å². The summed E-state index contributed by atoms with van der Waals surface area (Å²) in [7, 11) is -3.75. The molecule has 0 radical (unpaired) electrons. The second-order valence-electron chi connectivity index (χ2n) is 5.69. The number of sulfonamides is 1. The fourth-order valence-corrected chi connectivity index (χ4v) is 4.27. The van der Waals surface area contributed by atoms with Crippen LogP contribution in [0.2, 0.25) is 0 Å². The first-order chi connectivity index (χ1) is 11.9. The Morgan fingerprint density at radius 3 is 2.56 bits per heavy atom. The van der Waals surface area contributed by atoms with Crippen molar-refractivity contribution in [1.82, 2.24) is 13.9 Å². The van der Waals surface area contributed by atoms with Crippen LogP contribution in [0.3, 0.4) is 0 Å². The summed E-state index contributed by atoms with van der Waals surface area (Å²) in [5, 5.41) is 0. The van der Waals surface area contributed by atoms with Crippen molar-refractivity contribution in [2.45, 2.75) is 18.4 Å². The first-order valence-electron chi connectivity index (χ1n) is 7.99. The Morgan fingerprint density at radius 1 is 1.20 bits per heavy atom. The van der Waals surface area contributed by atoms with E-state index in [2.05, 4.69) is 4.98 Å². The van der Waals surface area contributed by atoms with Gasteiger partial charge in [0, 0.05) is 45.1 Å². The number of hydrogen-bond acceptors (Lipinski definition) is 5. The molecule has 1 aliphatic heterocycles. The molecule has 0 saturated carbocycles. The van der Waals surface area contributed by atoms with Crippen molar-refractivity contribution in [3.63, 3.8) is 0 Å². The third kappa shape index (κ3) is 3.42. The summed E-state index contributed by atoms with van der Waals surface area (Å²) < 4.78 is 41.4. The lowest BCUT2D eigenvalue weighted by Gasteiger charge is -2.34. The van der Waals surface area contributed by atoms with E-state index in [1.807, 2.05) is 6.92 Å². The lowest BCUT2D eigenvalue weighted by molar-refractivity contribution is 0.382. The summed E-state index contributed by atoms with van der Waals surface area (Å²) in [6, 6.07) is 4.97. The predicted octanol–water partition coefficient (Wildman–Crippen LogP) is 0.913. The molecule has 0 atom stereocenters. The number of anilines is 1. The molecule has 1 aliphatic rings. The molecule has 25 heavy (non-hydrogen) atoms. The highest BCUT2D eigenvalue weighted by atomic mass is 32.2. The number of aryl methyl sites for hydroxylation is 1. The van der Waals surface area contributed by atoms with E-state index < -0.39 is 15.8 Å². The average Bonchev–Trinajstić information content (AvgIpc) is 2.62. The van der Waals surface area contributed by atoms with Crippen molar-refractivity contribution in [3.8, 4) is 0 Å². The van der Waals surface area contributed by atoms with Gasteiger partial charge < -0.3 is 9.47 Å². The SMILES string of the molecule is CCn1ccnc(N2CCN(S(=O)(=O)c3cccc(F)c3)CC2)c1=O. The van der Waals surface area contributed by atoms with E-state index in [1.54, 1.807) is 21.9 Å². The van der Waals surface area contributed by atoms with Crippen LogP contribution in [0.25, 0.3) is 0 Å². The van der Waals surface area contributed by atoms with Crippen LogP contribution in [-0.4, -0.2) is 48.5 Å². The topological polar surface area (TPSA) is 75.5 Å². The van der Waals surface area contributed by atoms with Gasteiger partial charge in [0.2, 0.25) is 10.0 Å². The minimum Gasteiger partial charge on any atom is -0.349 e. The van der Waals surface area contributed by atoms with Gasteiger partial charge in [-0.15, -0.1) is 0 Å². The summed E-state index contributed by atoms with van der Waals surface area (Å²) in [4.78, 5) is 18.2. The summed E-state index contributed by atoms with van der Waals surface area (Å²) in [6.07, 6.45) is 3.19. The molecule has 0 N–H and O–H groups in total. The molecule has 1 fully saturated rings. The van der Waals surface area contributed by atoms with Crippen LogP contribution >= 0.6 is 0 Å². The average molecular weight is 366 g/mol. The van der Waals surface area contributed by atoms with Gasteiger partial charge in [-0.05, 0) is 25.1 Å². The first-order valence-corrected chi connectivity index (χ1v) is 9.43. The quantitative estimate of drug-likeness (QED) is 0.804. The molecule has 1 aromatic carbocycles. The van der Waals surface area contributed by atoms with E-state index in [9.17, 15) is 17.6 Å². The van der Waals surface area contributed by atoms with E-state index in [1.165, 1.54) is 22.5 Å². The van der Waals surface area contributed by atoms with Gasteiger partial charge in [0.05, 0.1) is 4.90 Å². The molecule has 0 bridgehead atoms. The first kappa shape index (κ1) is 17.6. The molecule has 0 aliphatic carbocycles. The van der Waals surface area contributed by atoms with Gasteiger partial charge >= 0.3 is 0 Å². The number of halogens is 1. The molecular formula is C16H19FN4O3S. The van der Waals surface area contributed by atoms with Crippen molar-refractivity contribution >= 4 is 15.8 Å². The van der Waals surface area contributed by atoms with Crippen LogP contribution in [0, 0.1) is 5.82 Å². The second-order valence-corrected chi connectivity index (χ2v) is 7.63. The molecule has 134 valence electrons. The van der Waals surface area contributed by atoms with E-state index in [-0.39, 0.29) is 23.5 Å². The molecule has 3 rings (SSSR count). The maximum atomic E-state index is 13.3. The highest BCUT2D eigenvalue weighted by Crippen LogP contribution is 2.19. The Hall–Kier alpha value is -2.26. The van der Waals surface area contributed by atoms with Gasteiger partial charge in [-0.3, -0.25) is 4.79 Å². The molecular weight excluding hydrogens is 347 g/mol. The van der Waals surface area contributed by atoms with E-state index in [0.717, 1.165) is 6.07 Å². The van der Waals surface area contributed by atoms with Gasteiger partial charge in [0.25, 0.3) is 5.56 Å². The molecule has 1 aromatic heterocycles. The predicted molar refractivity (Wildman–Crippen MR) is 91.5 cm³/mol. The molecule has 9 heteroatoms. The number of benzene rings is 1. The van der Waals surface area contributed by atoms with Crippen LogP contribution in [0.1, 0.15) is 6.92 Å². The maximum absolute atomic E-state index is 13.3. The molecule has 2 heterocycles. The van der Waals surface area contributed by atoms with E-state index in [4.69, 9.17) is 0 Å². The molecule has 2 aromatic rings. The van der Waals surface area contributed by atoms with Gasteiger partial charge in [-0.25, -0.2) is 17.8 Å². The largest absolute Gasteiger partial charge is 0.349 e. The standard InChI is InChI=1S/C16H19FN4O3S/c1-2-19-7-6-18-15(16(19)22)20-8-10-21(11-9-20)25(23,24)14-5-3-4-13(17)12-14/h3-7,12H,2,8-11H2,1H3. The van der Waals surface area contributed by atoms with Gasteiger partial charge in [0.15, 0.2) is 5.82 Å². The number of hydrogen-bond donors (Lipinski definition) is 0. The Kier molecular flexibility index (Phi) is 4.87. The maximum Gasteiger partial charge on any atom is 0.293 e. The summed E-state index contributed by atoms with van der Waals surface area (Å²) >= 11 is 0. The van der Waals surface area contributed by atoms with Crippen molar-refractivity contribution in [2.24, 2.45) is 0 Å². The van der Waals surface area contributed by atoms with Crippen LogP contribution in [0.5, 0.6) is 0 Å². The molecule has 0 amide bonds. The lowest BCUT2D eigenvalue weighted by atomic mass is 10.3. The highest BCUT2D eigenvalue weighted by Gasteiger charge is 2.30. The van der Waals surface area contributed by atoms with Gasteiger partial charge in [-0.2, -0.15) is 4.31 Å². The minimum absolute atomic E-state index is 0.0628. The normalized spacial score (nSPS) is 16.2. The summed E-state index contributed by atoms with van der Waals surface area (Å²) in [5.41, 5.74) is -0.188. The molecule has 7 nitrogen and oxygen atoms in total. The fourth-order valence-electron chi connectivity index (χ4n) is 2.82. The third-order valence-corrected chi connectivity index (χ3v) is 6.10. The monoisotopic (exact) mass is 366 g/mol. The minimum atomic E-state index is -3.75. The Labute approximate surface area is 145 Å². The molecule has 0 spiro atoms. The third-order valence-electron chi connectivity index (χ3n) is 4.21. The molecule has 0 unspecified atom stereocenters. The Morgan fingerprint density at radius 2 is 1.92 bits per heavy atom. The lowest BCUT2D eigenvalue weighted by Crippen LogP contribution is -2.50. The van der Waals surface area contributed by atoms with Crippen LogP contribution in [-0.2, 0) is 16.6 Å². The second kappa shape index (κ2) is 6.93. The highest BCUT2D eigenvalue weighted by molar-refractivity contribution is 7.89. The summed E-state index contributed by atoms with van der Waals surface area (Å²) in [5.74, 6) is -0.263. The van der Waals surface area contributed by atoms with Crippen LogP contribution in [0.15, 0.2) is 46.3 Å². The van der Waals surface area contributed by atoms with Crippen molar-refractivity contribution in [3.05, 3.63) is 52.8 Å². The van der Waals surface area contributed by atoms with Crippen molar-refractivity contribution in [1.29, 1.82) is 0 Å². The van der Waals surface area contributed by atoms with Gasteiger partial charge in [0.1, 0.15) is 5.82 Å². The van der Waals surface area contributed by atoms with Crippen LogP contribution < -0.4 is 10.5 Å². The van der Waals surface area contributed by atoms with Crippen molar-refractivity contribution < 1.29 is 12.8 Å². The van der Waals surface area contributed by atoms with Gasteiger partial charge in [-0.1, -0.05) is 6.07 Å². The number of nitrogens with zero attached hydrogens (tertiary/aromatic N) is 4. The Bertz CT molecular complexity index is 921. The zero-order valence-electron chi connectivity index (χ0n) is 13.8. The summed E-state index contributed by atoms with van der Waals surface area (Å²) in [6.45, 7) is 3.54. The van der Waals surface area contributed by atoms with Crippen molar-refractivity contribution in [2.75, 3.05) is 31.1 Å². The zero-order valence-corrected chi connectivity index (χ0v) is 14.6. The number of aromatic nitrogens is 2. The fraction of sp³-hybridized carbons (Fsp3) is 0.375. The van der Waals surface area contributed by atoms with Crippen LogP contribution in [0.4, 0.5) is 10.2 Å².